The van der Waals surface area contributed by atoms with Crippen molar-refractivity contribution >= 4 is 27.6 Å². The molecule has 0 aliphatic rings. The molecule has 0 radical (unpaired) electrons. The summed E-state index contributed by atoms with van der Waals surface area (Å²) in [6.07, 6.45) is 3.82. The quantitative estimate of drug-likeness (QED) is 0.491. The average molecular weight is 179 g/mol. The van der Waals surface area contributed by atoms with Crippen LogP contribution in [0.1, 0.15) is 0 Å². The molecular weight excluding hydrogens is 165 g/mol. The molecular formula is C12H14LiN. The Kier molecular flexibility index (Phi) is 4.59. The van der Waals surface area contributed by atoms with Crippen LogP contribution in [-0.4, -0.2) is 30.8 Å². The van der Waals surface area contributed by atoms with Gasteiger partial charge in [0.25, 0.3) is 0 Å². The molecule has 0 aromatic heterocycles. The Morgan fingerprint density at radius 1 is 1.21 bits per heavy atom. The molecule has 0 aliphatic heterocycles. The van der Waals surface area contributed by atoms with Gasteiger partial charge in [0.1, 0.15) is 0 Å². The Morgan fingerprint density at radius 3 is 2.36 bits per heavy atom. The number of hydrogen-bond donors (Lipinski definition) is 0. The van der Waals surface area contributed by atoms with Crippen molar-refractivity contribution in [2.45, 2.75) is 0 Å². The Bertz CT molecular complexity index is 310. The van der Waals surface area contributed by atoms with E-state index in [-0.39, 0.29) is 0 Å². The van der Waals surface area contributed by atoms with Crippen LogP contribution in [0.5, 0.6) is 0 Å². The summed E-state index contributed by atoms with van der Waals surface area (Å²) in [5.74, 6) is 0. The molecule has 2 heteroatoms. The van der Waals surface area contributed by atoms with Crippen molar-refractivity contribution in [1.82, 2.24) is 0 Å². The molecule has 0 spiro atoms. The predicted molar refractivity (Wildman–Crippen MR) is 64.4 cm³/mol. The van der Waals surface area contributed by atoms with Gasteiger partial charge in [-0.2, -0.15) is 0 Å². The second-order valence-corrected chi connectivity index (χ2v) is 3.32. The summed E-state index contributed by atoms with van der Waals surface area (Å²) in [6, 6.07) is 8.46. The van der Waals surface area contributed by atoms with Gasteiger partial charge in [-0.05, 0) is 0 Å². The van der Waals surface area contributed by atoms with E-state index in [1.807, 2.05) is 12.2 Å². The van der Waals surface area contributed by atoms with Crippen molar-refractivity contribution in [3.05, 3.63) is 49.6 Å². The van der Waals surface area contributed by atoms with Gasteiger partial charge in [-0.25, -0.2) is 0 Å². The SMILES string of the molecule is [Li][c]1cccc(N(CC=C)CC=C)c1. The normalized spacial score (nSPS) is 9.57. The third-order valence-corrected chi connectivity index (χ3v) is 2.07. The molecule has 0 atom stereocenters. The van der Waals surface area contributed by atoms with Crippen LogP contribution in [0.4, 0.5) is 5.69 Å². The van der Waals surface area contributed by atoms with E-state index in [4.69, 9.17) is 0 Å². The first-order valence-corrected chi connectivity index (χ1v) is 4.81. The van der Waals surface area contributed by atoms with Gasteiger partial charge in [-0.15, -0.1) is 0 Å². The Balaban J connectivity index is 2.85. The van der Waals surface area contributed by atoms with E-state index in [9.17, 15) is 0 Å². The number of nitrogens with zero attached hydrogens (tertiary/aromatic N) is 1. The number of benzene rings is 1. The van der Waals surface area contributed by atoms with Crippen LogP contribution in [0, 0.1) is 0 Å². The fraction of sp³-hybridized carbons (Fsp3) is 0.167. The third kappa shape index (κ3) is 3.10. The van der Waals surface area contributed by atoms with Gasteiger partial charge in [0.15, 0.2) is 0 Å². The van der Waals surface area contributed by atoms with E-state index >= 15 is 0 Å². The van der Waals surface area contributed by atoms with E-state index in [0.29, 0.717) is 0 Å². The fourth-order valence-electron chi connectivity index (χ4n) is 1.42. The molecule has 1 aromatic rings. The standard InChI is InChI=1S/C12H14N.Li/c1-3-10-13(11-4-2)12-8-6-5-7-9-12;/h3-6,8-9H,1-2,10-11H2;. The Morgan fingerprint density at radius 2 is 1.86 bits per heavy atom. The zero-order valence-electron chi connectivity index (χ0n) is 8.74. The molecule has 0 bridgehead atoms. The van der Waals surface area contributed by atoms with Gasteiger partial charge in [0.05, 0.1) is 0 Å². The van der Waals surface area contributed by atoms with Crippen LogP contribution >= 0.6 is 0 Å². The number of rotatable bonds is 5. The van der Waals surface area contributed by atoms with Gasteiger partial charge in [-0.3, -0.25) is 0 Å². The first-order chi connectivity index (χ1) is 6.77. The molecule has 0 heterocycles. The van der Waals surface area contributed by atoms with Crippen LogP contribution in [0.3, 0.4) is 0 Å². The van der Waals surface area contributed by atoms with E-state index < -0.39 is 0 Å². The Hall–Kier alpha value is -0.903. The van der Waals surface area contributed by atoms with Gasteiger partial charge in [0.2, 0.25) is 0 Å². The summed E-state index contributed by atoms with van der Waals surface area (Å²) < 4.78 is 1.28. The second-order valence-electron chi connectivity index (χ2n) is 3.32. The minimum absolute atomic E-state index is 0.857. The molecule has 0 saturated carbocycles. The molecule has 68 valence electrons. The van der Waals surface area contributed by atoms with Gasteiger partial charge < -0.3 is 0 Å². The van der Waals surface area contributed by atoms with E-state index in [2.05, 4.69) is 60.0 Å². The van der Waals surface area contributed by atoms with E-state index in [1.54, 1.807) is 0 Å². The maximum atomic E-state index is 3.75. The molecule has 0 amide bonds. The zero-order valence-corrected chi connectivity index (χ0v) is 8.74. The van der Waals surface area contributed by atoms with Crippen LogP contribution < -0.4 is 9.14 Å². The summed E-state index contributed by atoms with van der Waals surface area (Å²) >= 11 is 2.10. The molecule has 1 aromatic carbocycles. The Labute approximate surface area is 95.3 Å². The van der Waals surface area contributed by atoms with Gasteiger partial charge >= 0.3 is 95.2 Å². The summed E-state index contributed by atoms with van der Waals surface area (Å²) in [4.78, 5) is 2.23. The van der Waals surface area contributed by atoms with Crippen LogP contribution in [0.25, 0.3) is 0 Å². The van der Waals surface area contributed by atoms with Gasteiger partial charge in [-0.1, -0.05) is 0 Å². The fourth-order valence-corrected chi connectivity index (χ4v) is 1.42. The molecule has 0 saturated heterocycles. The molecule has 1 rings (SSSR count). The molecule has 0 unspecified atom stereocenters. The number of hydrogen-bond acceptors (Lipinski definition) is 1. The average Bonchev–Trinajstić information content (AvgIpc) is 2.17. The summed E-state index contributed by atoms with van der Waals surface area (Å²) in [5.41, 5.74) is 1.23. The molecule has 0 aliphatic carbocycles. The van der Waals surface area contributed by atoms with Crippen molar-refractivity contribution in [2.75, 3.05) is 18.0 Å². The maximum absolute atomic E-state index is 3.75. The van der Waals surface area contributed by atoms with Gasteiger partial charge in [0, 0.05) is 0 Å². The van der Waals surface area contributed by atoms with Crippen molar-refractivity contribution in [2.24, 2.45) is 0 Å². The molecule has 1 nitrogen and oxygen atoms in total. The van der Waals surface area contributed by atoms with E-state index in [0.717, 1.165) is 13.1 Å². The monoisotopic (exact) mass is 179 g/mol. The minimum atomic E-state index is 0.857. The van der Waals surface area contributed by atoms with Crippen molar-refractivity contribution in [3.63, 3.8) is 0 Å². The summed E-state index contributed by atoms with van der Waals surface area (Å²) in [7, 11) is 0. The molecule has 14 heavy (non-hydrogen) atoms. The summed E-state index contributed by atoms with van der Waals surface area (Å²) in [5, 5.41) is 0. The zero-order chi connectivity index (χ0) is 10.4. The number of anilines is 1. The van der Waals surface area contributed by atoms with Crippen LogP contribution in [0.2, 0.25) is 0 Å². The third-order valence-electron chi connectivity index (χ3n) is 2.07. The van der Waals surface area contributed by atoms with Crippen LogP contribution in [-0.2, 0) is 0 Å². The first-order valence-electron chi connectivity index (χ1n) is 4.81. The molecule has 0 N–H and O–H groups in total. The molecule has 0 fully saturated rings. The predicted octanol–water partition coefficient (Wildman–Crippen LogP) is 1.66. The topological polar surface area (TPSA) is 3.24 Å². The second kappa shape index (κ2) is 5.75. The van der Waals surface area contributed by atoms with Crippen molar-refractivity contribution in [1.29, 1.82) is 0 Å². The van der Waals surface area contributed by atoms with Crippen molar-refractivity contribution in [3.8, 4) is 0 Å². The van der Waals surface area contributed by atoms with E-state index in [1.165, 1.54) is 9.92 Å². The first kappa shape index (κ1) is 11.2. The van der Waals surface area contributed by atoms with Crippen LogP contribution in [0.15, 0.2) is 49.6 Å². The van der Waals surface area contributed by atoms with Crippen molar-refractivity contribution < 1.29 is 0 Å². The summed E-state index contributed by atoms with van der Waals surface area (Å²) in [6.45, 7) is 9.22.